The van der Waals surface area contributed by atoms with Gasteiger partial charge in [-0.15, -0.1) is 0 Å². The number of hydrogen-bond acceptors (Lipinski definition) is 3. The van der Waals surface area contributed by atoms with E-state index in [0.717, 1.165) is 12.0 Å². The summed E-state index contributed by atoms with van der Waals surface area (Å²) in [5.74, 6) is 0.214. The van der Waals surface area contributed by atoms with E-state index in [1.165, 1.54) is 17.0 Å². The Balaban J connectivity index is 1.96. The Morgan fingerprint density at radius 3 is 2.63 bits per heavy atom. The van der Waals surface area contributed by atoms with Gasteiger partial charge >= 0.3 is 6.09 Å². The van der Waals surface area contributed by atoms with Gasteiger partial charge < -0.3 is 10.0 Å². The van der Waals surface area contributed by atoms with E-state index in [2.05, 4.69) is 0 Å². The van der Waals surface area contributed by atoms with E-state index in [4.69, 9.17) is 5.11 Å². The van der Waals surface area contributed by atoms with Crippen LogP contribution >= 0.6 is 0 Å². The molecule has 1 aromatic rings. The van der Waals surface area contributed by atoms with Crippen molar-refractivity contribution in [2.24, 2.45) is 5.92 Å². The molecule has 1 fully saturated rings. The lowest BCUT2D eigenvalue weighted by Gasteiger charge is -2.09. The number of nitrogens with zero attached hydrogens (tertiary/aromatic N) is 2. The van der Waals surface area contributed by atoms with E-state index < -0.39 is 11.0 Å². The number of amides is 1. The first-order valence-corrected chi connectivity index (χ1v) is 5.97. The number of non-ortho nitro benzene ring substituents is 1. The summed E-state index contributed by atoms with van der Waals surface area (Å²) in [7, 11) is 0. The van der Waals surface area contributed by atoms with E-state index in [1.54, 1.807) is 12.1 Å². The van der Waals surface area contributed by atoms with Gasteiger partial charge in [-0.2, -0.15) is 0 Å². The average Bonchev–Trinajstić information content (AvgIpc) is 2.86. The molecular formula is C13H14N2O4. The molecule has 1 amide bonds. The van der Waals surface area contributed by atoms with E-state index in [1.807, 2.05) is 12.2 Å². The quantitative estimate of drug-likeness (QED) is 0.670. The van der Waals surface area contributed by atoms with Crippen molar-refractivity contribution in [2.45, 2.75) is 6.42 Å². The van der Waals surface area contributed by atoms with Crippen LogP contribution in [-0.4, -0.2) is 34.1 Å². The van der Waals surface area contributed by atoms with Gasteiger partial charge in [-0.05, 0) is 30.0 Å². The van der Waals surface area contributed by atoms with E-state index in [9.17, 15) is 14.9 Å². The van der Waals surface area contributed by atoms with Crippen LogP contribution in [-0.2, 0) is 0 Å². The lowest BCUT2D eigenvalue weighted by molar-refractivity contribution is -0.384. The molecule has 6 heteroatoms. The number of carboxylic acid groups (broad SMARTS) is 1. The van der Waals surface area contributed by atoms with Crippen molar-refractivity contribution in [1.29, 1.82) is 0 Å². The monoisotopic (exact) mass is 262 g/mol. The summed E-state index contributed by atoms with van der Waals surface area (Å²) in [6.07, 6.45) is 3.77. The third kappa shape index (κ3) is 3.31. The summed E-state index contributed by atoms with van der Waals surface area (Å²) in [4.78, 5) is 22.2. The fourth-order valence-electron chi connectivity index (χ4n) is 2.07. The molecular weight excluding hydrogens is 248 g/mol. The first-order chi connectivity index (χ1) is 9.06. The van der Waals surface area contributed by atoms with Crippen LogP contribution in [0.15, 0.2) is 30.3 Å². The lowest BCUT2D eigenvalue weighted by Crippen LogP contribution is -2.26. The smallest absolute Gasteiger partial charge is 0.407 e. The number of likely N-dealkylation sites (tertiary alicyclic amines) is 1. The predicted molar refractivity (Wildman–Crippen MR) is 69.8 cm³/mol. The van der Waals surface area contributed by atoms with Crippen LogP contribution in [0.2, 0.25) is 0 Å². The van der Waals surface area contributed by atoms with Gasteiger partial charge in [0.1, 0.15) is 0 Å². The van der Waals surface area contributed by atoms with Crippen molar-refractivity contribution in [1.82, 2.24) is 4.90 Å². The highest BCUT2D eigenvalue weighted by molar-refractivity contribution is 5.65. The first-order valence-electron chi connectivity index (χ1n) is 5.97. The van der Waals surface area contributed by atoms with Gasteiger partial charge in [-0.25, -0.2) is 4.79 Å². The summed E-state index contributed by atoms with van der Waals surface area (Å²) >= 11 is 0. The van der Waals surface area contributed by atoms with Crippen LogP contribution in [0.25, 0.3) is 6.08 Å². The fraction of sp³-hybridized carbons (Fsp3) is 0.308. The van der Waals surface area contributed by atoms with Crippen molar-refractivity contribution in [3.63, 3.8) is 0 Å². The molecule has 0 radical (unpaired) electrons. The fourth-order valence-corrected chi connectivity index (χ4v) is 2.07. The number of carbonyl (C=O) groups is 1. The molecule has 6 nitrogen and oxygen atoms in total. The molecule has 1 atom stereocenters. The van der Waals surface area contributed by atoms with Crippen LogP contribution < -0.4 is 0 Å². The number of nitro groups is 1. The zero-order valence-corrected chi connectivity index (χ0v) is 10.2. The zero-order valence-electron chi connectivity index (χ0n) is 10.2. The van der Waals surface area contributed by atoms with Crippen molar-refractivity contribution in [3.8, 4) is 0 Å². The molecule has 1 unspecified atom stereocenters. The first kappa shape index (κ1) is 13.1. The van der Waals surface area contributed by atoms with E-state index >= 15 is 0 Å². The molecule has 1 aliphatic heterocycles. The summed E-state index contributed by atoms with van der Waals surface area (Å²) in [6, 6.07) is 6.27. The summed E-state index contributed by atoms with van der Waals surface area (Å²) < 4.78 is 0. The number of benzene rings is 1. The molecule has 1 saturated heterocycles. The van der Waals surface area contributed by atoms with Crippen LogP contribution in [0.1, 0.15) is 12.0 Å². The van der Waals surface area contributed by atoms with Crippen molar-refractivity contribution < 1.29 is 14.8 Å². The van der Waals surface area contributed by atoms with Gasteiger partial charge in [0.15, 0.2) is 0 Å². The maximum Gasteiger partial charge on any atom is 0.407 e. The third-order valence-electron chi connectivity index (χ3n) is 3.16. The SMILES string of the molecule is O=C(O)N1CCC(/C=C/c2ccc([N+](=O)[O-])cc2)C1. The molecule has 1 N–H and O–H groups in total. The maximum atomic E-state index is 10.8. The molecule has 0 aromatic heterocycles. The molecule has 1 heterocycles. The minimum absolute atomic E-state index is 0.0649. The van der Waals surface area contributed by atoms with Crippen LogP contribution in [0, 0.1) is 16.0 Å². The number of hydrogen-bond donors (Lipinski definition) is 1. The van der Waals surface area contributed by atoms with Gasteiger partial charge in [-0.1, -0.05) is 12.2 Å². The van der Waals surface area contributed by atoms with Crippen LogP contribution in [0.5, 0.6) is 0 Å². The van der Waals surface area contributed by atoms with Gasteiger partial charge in [0.05, 0.1) is 4.92 Å². The highest BCUT2D eigenvalue weighted by Crippen LogP contribution is 2.19. The minimum atomic E-state index is -0.883. The van der Waals surface area contributed by atoms with Crippen molar-refractivity contribution in [2.75, 3.05) is 13.1 Å². The Bertz CT molecular complexity index is 510. The lowest BCUT2D eigenvalue weighted by atomic mass is 10.1. The van der Waals surface area contributed by atoms with E-state index in [0.29, 0.717) is 13.1 Å². The van der Waals surface area contributed by atoms with Gasteiger partial charge in [0.25, 0.3) is 5.69 Å². The van der Waals surface area contributed by atoms with Gasteiger partial charge in [0, 0.05) is 25.2 Å². The summed E-state index contributed by atoms with van der Waals surface area (Å²) in [5.41, 5.74) is 0.939. The van der Waals surface area contributed by atoms with E-state index in [-0.39, 0.29) is 11.6 Å². The second kappa shape index (κ2) is 5.51. The summed E-state index contributed by atoms with van der Waals surface area (Å²) in [5, 5.41) is 19.3. The molecule has 2 rings (SSSR count). The third-order valence-corrected chi connectivity index (χ3v) is 3.16. The standard InChI is InChI=1S/C13H14N2O4/c16-13(17)14-8-7-11(9-14)2-1-10-3-5-12(6-4-10)15(18)19/h1-6,11H,7-9H2,(H,16,17)/b2-1+. The molecule has 0 saturated carbocycles. The highest BCUT2D eigenvalue weighted by atomic mass is 16.6. The van der Waals surface area contributed by atoms with Crippen molar-refractivity contribution >= 4 is 17.9 Å². The second-order valence-corrected chi connectivity index (χ2v) is 4.49. The van der Waals surface area contributed by atoms with Crippen LogP contribution in [0.3, 0.4) is 0 Å². The number of rotatable bonds is 3. The molecule has 19 heavy (non-hydrogen) atoms. The molecule has 100 valence electrons. The Morgan fingerprint density at radius 2 is 2.11 bits per heavy atom. The Kier molecular flexibility index (Phi) is 3.79. The van der Waals surface area contributed by atoms with Gasteiger partial charge in [-0.3, -0.25) is 10.1 Å². The molecule has 0 spiro atoms. The Labute approximate surface area is 110 Å². The average molecular weight is 262 g/mol. The molecule has 1 aliphatic rings. The normalized spacial score (nSPS) is 18.9. The zero-order chi connectivity index (χ0) is 13.8. The number of nitro benzene ring substituents is 1. The highest BCUT2D eigenvalue weighted by Gasteiger charge is 2.23. The molecule has 1 aromatic carbocycles. The van der Waals surface area contributed by atoms with Crippen LogP contribution in [0.4, 0.5) is 10.5 Å². The largest absolute Gasteiger partial charge is 0.465 e. The molecule has 0 aliphatic carbocycles. The maximum absolute atomic E-state index is 10.8. The predicted octanol–water partition coefficient (Wildman–Crippen LogP) is 2.61. The Morgan fingerprint density at radius 1 is 1.42 bits per heavy atom. The van der Waals surface area contributed by atoms with Crippen molar-refractivity contribution in [3.05, 3.63) is 46.0 Å². The minimum Gasteiger partial charge on any atom is -0.465 e. The summed E-state index contributed by atoms with van der Waals surface area (Å²) in [6.45, 7) is 1.07. The van der Waals surface area contributed by atoms with Gasteiger partial charge in [0.2, 0.25) is 0 Å². The topological polar surface area (TPSA) is 83.7 Å². The Hall–Kier alpha value is -2.37. The molecule has 0 bridgehead atoms. The second-order valence-electron chi connectivity index (χ2n) is 4.49.